The standard InChI is InChI=1S/C13H14O7/c14-9(6-10(15)16)7-11(17)20-12(13(18)19)8-4-2-1-3-5-8/h1-5,9,12,14H,6-7H2,(H,15,16)(H,18,19)/t9-,12-/m1/s1. The number of aliphatic carboxylic acids is 2. The third kappa shape index (κ3) is 5.07. The van der Waals surface area contributed by atoms with Crippen LogP contribution in [0.15, 0.2) is 30.3 Å². The number of rotatable bonds is 7. The third-order valence-electron chi connectivity index (χ3n) is 2.39. The SMILES string of the molecule is O=C(O)C[C@@H](O)CC(=O)O[C@@H](C(=O)O)c1ccccc1. The fraction of sp³-hybridized carbons (Fsp3) is 0.308. The second-order valence-electron chi connectivity index (χ2n) is 4.07. The number of hydrogen-bond acceptors (Lipinski definition) is 5. The number of carboxylic acid groups (broad SMARTS) is 2. The van der Waals surface area contributed by atoms with Crippen molar-refractivity contribution in [3.8, 4) is 0 Å². The van der Waals surface area contributed by atoms with Crippen LogP contribution < -0.4 is 0 Å². The molecule has 1 aromatic rings. The van der Waals surface area contributed by atoms with Crippen molar-refractivity contribution in [3.63, 3.8) is 0 Å². The van der Waals surface area contributed by atoms with Gasteiger partial charge in [-0.15, -0.1) is 0 Å². The Balaban J connectivity index is 2.65. The lowest BCUT2D eigenvalue weighted by molar-refractivity contribution is -0.166. The Morgan fingerprint density at radius 1 is 1.05 bits per heavy atom. The van der Waals surface area contributed by atoms with Crippen LogP contribution in [0.5, 0.6) is 0 Å². The third-order valence-corrected chi connectivity index (χ3v) is 2.39. The van der Waals surface area contributed by atoms with Gasteiger partial charge in [0.25, 0.3) is 0 Å². The van der Waals surface area contributed by atoms with Gasteiger partial charge in [-0.1, -0.05) is 30.3 Å². The first-order chi connectivity index (χ1) is 9.40. The lowest BCUT2D eigenvalue weighted by atomic mass is 10.1. The van der Waals surface area contributed by atoms with Crippen LogP contribution in [0.2, 0.25) is 0 Å². The maximum absolute atomic E-state index is 11.5. The topological polar surface area (TPSA) is 121 Å². The molecule has 7 nitrogen and oxygen atoms in total. The number of carbonyl (C=O) groups excluding carboxylic acids is 1. The fourth-order valence-electron chi connectivity index (χ4n) is 1.53. The molecule has 0 radical (unpaired) electrons. The molecule has 1 aromatic carbocycles. The van der Waals surface area contributed by atoms with Gasteiger partial charge in [0.05, 0.1) is 18.9 Å². The Hall–Kier alpha value is -2.41. The maximum Gasteiger partial charge on any atom is 0.349 e. The molecular weight excluding hydrogens is 268 g/mol. The first-order valence-electron chi connectivity index (χ1n) is 5.77. The molecule has 20 heavy (non-hydrogen) atoms. The van der Waals surface area contributed by atoms with E-state index in [1.54, 1.807) is 18.2 Å². The minimum Gasteiger partial charge on any atom is -0.481 e. The van der Waals surface area contributed by atoms with E-state index < -0.39 is 43.0 Å². The average Bonchev–Trinajstić information content (AvgIpc) is 2.35. The van der Waals surface area contributed by atoms with Crippen LogP contribution in [0.25, 0.3) is 0 Å². The Morgan fingerprint density at radius 3 is 2.15 bits per heavy atom. The first-order valence-corrected chi connectivity index (χ1v) is 5.77. The predicted molar refractivity (Wildman–Crippen MR) is 65.8 cm³/mol. The molecule has 3 N–H and O–H groups in total. The summed E-state index contributed by atoms with van der Waals surface area (Å²) in [6, 6.07) is 7.84. The molecule has 0 saturated carbocycles. The van der Waals surface area contributed by atoms with Gasteiger partial charge in [-0.25, -0.2) is 4.79 Å². The highest BCUT2D eigenvalue weighted by atomic mass is 16.6. The summed E-state index contributed by atoms with van der Waals surface area (Å²) in [6.07, 6.45) is -4.09. The summed E-state index contributed by atoms with van der Waals surface area (Å²) in [4.78, 5) is 32.9. The zero-order valence-corrected chi connectivity index (χ0v) is 10.4. The second kappa shape index (κ2) is 7.25. The van der Waals surface area contributed by atoms with Crippen molar-refractivity contribution in [1.29, 1.82) is 0 Å². The van der Waals surface area contributed by atoms with Gasteiger partial charge in [-0.3, -0.25) is 9.59 Å². The molecule has 0 unspecified atom stereocenters. The number of benzene rings is 1. The Bertz CT molecular complexity index is 483. The lowest BCUT2D eigenvalue weighted by Crippen LogP contribution is -2.23. The summed E-state index contributed by atoms with van der Waals surface area (Å²) in [5, 5.41) is 26.7. The van der Waals surface area contributed by atoms with Crippen molar-refractivity contribution in [2.24, 2.45) is 0 Å². The second-order valence-corrected chi connectivity index (χ2v) is 4.07. The molecule has 1 rings (SSSR count). The average molecular weight is 282 g/mol. The molecule has 0 aliphatic rings. The summed E-state index contributed by atoms with van der Waals surface area (Å²) < 4.78 is 4.76. The van der Waals surface area contributed by atoms with Crippen LogP contribution in [0.1, 0.15) is 24.5 Å². The molecule has 0 heterocycles. The van der Waals surface area contributed by atoms with E-state index in [9.17, 15) is 19.5 Å². The highest BCUT2D eigenvalue weighted by molar-refractivity contribution is 5.80. The van der Waals surface area contributed by atoms with E-state index in [1.807, 2.05) is 0 Å². The van der Waals surface area contributed by atoms with Crippen LogP contribution in [0, 0.1) is 0 Å². The van der Waals surface area contributed by atoms with Crippen LogP contribution >= 0.6 is 0 Å². The lowest BCUT2D eigenvalue weighted by Gasteiger charge is -2.15. The highest BCUT2D eigenvalue weighted by Crippen LogP contribution is 2.18. The van der Waals surface area contributed by atoms with E-state index >= 15 is 0 Å². The summed E-state index contributed by atoms with van der Waals surface area (Å²) >= 11 is 0. The van der Waals surface area contributed by atoms with Crippen LogP contribution in [-0.2, 0) is 19.1 Å². The summed E-state index contributed by atoms with van der Waals surface area (Å²) in [5.74, 6) is -3.59. The number of aliphatic hydroxyl groups is 1. The number of esters is 1. The van der Waals surface area contributed by atoms with Gasteiger partial charge in [0, 0.05) is 5.56 Å². The molecular formula is C13H14O7. The van der Waals surface area contributed by atoms with E-state index in [-0.39, 0.29) is 5.56 Å². The van der Waals surface area contributed by atoms with Crippen molar-refractivity contribution in [2.75, 3.05) is 0 Å². The minimum absolute atomic E-state index is 0.279. The monoisotopic (exact) mass is 282 g/mol. The Kier molecular flexibility index (Phi) is 5.67. The van der Waals surface area contributed by atoms with Crippen molar-refractivity contribution < 1.29 is 34.4 Å². The molecule has 0 saturated heterocycles. The molecule has 0 amide bonds. The minimum atomic E-state index is -1.49. The summed E-state index contributed by atoms with van der Waals surface area (Å²) in [7, 11) is 0. The Morgan fingerprint density at radius 2 is 1.65 bits per heavy atom. The molecule has 0 aromatic heterocycles. The van der Waals surface area contributed by atoms with Crippen molar-refractivity contribution in [1.82, 2.24) is 0 Å². The van der Waals surface area contributed by atoms with Crippen molar-refractivity contribution in [2.45, 2.75) is 25.0 Å². The smallest absolute Gasteiger partial charge is 0.349 e. The van der Waals surface area contributed by atoms with Gasteiger partial charge in [-0.2, -0.15) is 0 Å². The molecule has 0 spiro atoms. The van der Waals surface area contributed by atoms with Crippen LogP contribution in [-0.4, -0.2) is 39.3 Å². The van der Waals surface area contributed by atoms with Gasteiger partial charge in [0.15, 0.2) is 0 Å². The van der Waals surface area contributed by atoms with Crippen molar-refractivity contribution in [3.05, 3.63) is 35.9 Å². The van der Waals surface area contributed by atoms with Crippen LogP contribution in [0.4, 0.5) is 0 Å². The predicted octanol–water partition coefficient (Wildman–Crippen LogP) is 0.581. The van der Waals surface area contributed by atoms with Gasteiger partial charge in [-0.05, 0) is 0 Å². The molecule has 0 aliphatic carbocycles. The van der Waals surface area contributed by atoms with Gasteiger partial charge < -0.3 is 20.1 Å². The quantitative estimate of drug-likeness (QED) is 0.625. The number of carboxylic acids is 2. The summed E-state index contributed by atoms with van der Waals surface area (Å²) in [5.41, 5.74) is 0.279. The van der Waals surface area contributed by atoms with E-state index in [0.717, 1.165) is 0 Å². The fourth-order valence-corrected chi connectivity index (χ4v) is 1.53. The first kappa shape index (κ1) is 15.6. The van der Waals surface area contributed by atoms with Crippen molar-refractivity contribution >= 4 is 17.9 Å². The van der Waals surface area contributed by atoms with Crippen LogP contribution in [0.3, 0.4) is 0 Å². The van der Waals surface area contributed by atoms with E-state index in [0.29, 0.717) is 0 Å². The number of carbonyl (C=O) groups is 3. The highest BCUT2D eigenvalue weighted by Gasteiger charge is 2.25. The van der Waals surface area contributed by atoms with Gasteiger partial charge in [0.2, 0.25) is 6.10 Å². The van der Waals surface area contributed by atoms with Gasteiger partial charge >= 0.3 is 17.9 Å². The van der Waals surface area contributed by atoms with E-state index in [4.69, 9.17) is 14.9 Å². The van der Waals surface area contributed by atoms with E-state index in [2.05, 4.69) is 0 Å². The Labute approximate surface area is 114 Å². The number of ether oxygens (including phenoxy) is 1. The zero-order chi connectivity index (χ0) is 15.1. The normalized spacial score (nSPS) is 13.2. The largest absolute Gasteiger partial charge is 0.481 e. The molecule has 0 aliphatic heterocycles. The molecule has 108 valence electrons. The number of aliphatic hydroxyl groups excluding tert-OH is 1. The molecule has 7 heteroatoms. The molecule has 0 bridgehead atoms. The maximum atomic E-state index is 11.5. The zero-order valence-electron chi connectivity index (χ0n) is 10.4. The summed E-state index contributed by atoms with van der Waals surface area (Å²) in [6.45, 7) is 0. The molecule has 2 atom stereocenters. The van der Waals surface area contributed by atoms with E-state index in [1.165, 1.54) is 12.1 Å². The van der Waals surface area contributed by atoms with Gasteiger partial charge in [0.1, 0.15) is 0 Å². The molecule has 0 fully saturated rings. The number of hydrogen-bond donors (Lipinski definition) is 3.